The van der Waals surface area contributed by atoms with Crippen molar-refractivity contribution < 1.29 is 19.5 Å². The maximum Gasteiger partial charge on any atom is 0.243 e. The van der Waals surface area contributed by atoms with Gasteiger partial charge in [-0.1, -0.05) is 52.7 Å². The zero-order chi connectivity index (χ0) is 22.4. The molecule has 3 amide bonds. The average Bonchev–Trinajstić information content (AvgIpc) is 3.00. The van der Waals surface area contributed by atoms with E-state index in [1.165, 1.54) is 0 Å². The third-order valence-corrected chi connectivity index (χ3v) is 6.63. The van der Waals surface area contributed by atoms with Crippen molar-refractivity contribution in [3.63, 3.8) is 0 Å². The molecule has 170 valence electrons. The molecular weight excluding hydrogens is 382 g/mol. The fraction of sp³-hybridized carbons (Fsp3) is 0.783. The highest BCUT2D eigenvalue weighted by atomic mass is 16.3. The summed E-state index contributed by atoms with van der Waals surface area (Å²) in [5.74, 6) is -2.05. The van der Waals surface area contributed by atoms with Crippen molar-refractivity contribution in [2.24, 2.45) is 29.6 Å². The quantitative estimate of drug-likeness (QED) is 0.369. The Labute approximate surface area is 180 Å². The van der Waals surface area contributed by atoms with E-state index < -0.39 is 23.9 Å². The lowest BCUT2D eigenvalue weighted by molar-refractivity contribution is -0.144. The number of carbonyl (C=O) groups is 3. The zero-order valence-electron chi connectivity index (χ0n) is 19.1. The third kappa shape index (κ3) is 4.71. The Balaban J connectivity index is 2.49. The van der Waals surface area contributed by atoms with Crippen LogP contribution in [0, 0.1) is 29.6 Å². The van der Waals surface area contributed by atoms with Crippen molar-refractivity contribution in [2.45, 2.75) is 65.5 Å². The van der Waals surface area contributed by atoms with Crippen LogP contribution in [0.5, 0.6) is 0 Å². The van der Waals surface area contributed by atoms with Gasteiger partial charge in [0.15, 0.2) is 0 Å². The monoisotopic (exact) mass is 421 g/mol. The first-order valence-corrected chi connectivity index (χ1v) is 11.4. The summed E-state index contributed by atoms with van der Waals surface area (Å²) in [6.07, 6.45) is 7.54. The predicted molar refractivity (Wildman–Crippen MR) is 116 cm³/mol. The molecule has 0 spiro atoms. The summed E-state index contributed by atoms with van der Waals surface area (Å²) >= 11 is 0. The van der Waals surface area contributed by atoms with Crippen LogP contribution < -0.4 is 10.6 Å². The Bertz CT molecular complexity index is 648. The van der Waals surface area contributed by atoms with Gasteiger partial charge in [0.05, 0.1) is 24.5 Å². The van der Waals surface area contributed by atoms with Crippen LogP contribution >= 0.6 is 0 Å². The molecular formula is C23H39N3O4. The van der Waals surface area contributed by atoms with Crippen molar-refractivity contribution in [3.8, 4) is 0 Å². The van der Waals surface area contributed by atoms with Gasteiger partial charge in [0.25, 0.3) is 0 Å². The first-order chi connectivity index (χ1) is 14.3. The molecule has 1 fully saturated rings. The molecule has 0 aromatic rings. The Kier molecular flexibility index (Phi) is 8.89. The number of hydrogen-bond acceptors (Lipinski definition) is 4. The number of likely N-dealkylation sites (tertiary alicyclic amines) is 1. The van der Waals surface area contributed by atoms with Gasteiger partial charge in [0.1, 0.15) is 6.04 Å². The summed E-state index contributed by atoms with van der Waals surface area (Å²) in [5, 5.41) is 15.8. The fourth-order valence-corrected chi connectivity index (χ4v) is 5.05. The lowest BCUT2D eigenvalue weighted by Gasteiger charge is -2.35. The summed E-state index contributed by atoms with van der Waals surface area (Å²) in [6, 6.07) is -1.17. The molecule has 6 atom stereocenters. The number of aliphatic hydroxyl groups excluding tert-OH is 1. The van der Waals surface area contributed by atoms with Crippen LogP contribution in [0.4, 0.5) is 0 Å². The molecule has 2 aliphatic rings. The smallest absolute Gasteiger partial charge is 0.243 e. The molecule has 0 aromatic carbocycles. The molecule has 1 aliphatic carbocycles. The van der Waals surface area contributed by atoms with Crippen molar-refractivity contribution in [3.05, 3.63) is 12.2 Å². The number of allylic oxidation sites excluding steroid dienone is 1. The van der Waals surface area contributed by atoms with Gasteiger partial charge in [-0.3, -0.25) is 14.4 Å². The largest absolute Gasteiger partial charge is 0.394 e. The van der Waals surface area contributed by atoms with Crippen molar-refractivity contribution in [1.82, 2.24) is 15.5 Å². The predicted octanol–water partition coefficient (Wildman–Crippen LogP) is 1.71. The number of nitrogens with one attached hydrogen (secondary N) is 2. The SMILES string of the molecule is CCCCNC(=O)[C@@H]1[C@H]2C=C[C@@H](CCC)[C@@H](C(=O)NC)[C@@H]2C(=O)N1[C@@H](CO)C(C)C. The normalized spacial score (nSPS) is 29.1. The van der Waals surface area contributed by atoms with Gasteiger partial charge in [-0.25, -0.2) is 0 Å². The molecule has 0 bridgehead atoms. The number of carbonyl (C=O) groups excluding carboxylic acids is 3. The Morgan fingerprint density at radius 3 is 2.40 bits per heavy atom. The van der Waals surface area contributed by atoms with Crippen LogP contribution in [0.2, 0.25) is 0 Å². The fourth-order valence-electron chi connectivity index (χ4n) is 5.05. The minimum atomic E-state index is -0.704. The molecule has 1 aliphatic heterocycles. The maximum atomic E-state index is 13.7. The number of hydrogen-bond donors (Lipinski definition) is 3. The van der Waals surface area contributed by atoms with Gasteiger partial charge in [0, 0.05) is 19.5 Å². The zero-order valence-corrected chi connectivity index (χ0v) is 19.1. The number of fused-ring (bicyclic) bond motifs is 1. The highest BCUT2D eigenvalue weighted by molar-refractivity contribution is 5.97. The van der Waals surface area contributed by atoms with Crippen LogP contribution in [0.15, 0.2) is 12.2 Å². The average molecular weight is 422 g/mol. The lowest BCUT2D eigenvalue weighted by Crippen LogP contribution is -2.54. The lowest BCUT2D eigenvalue weighted by atomic mass is 9.68. The first-order valence-electron chi connectivity index (χ1n) is 11.4. The minimum Gasteiger partial charge on any atom is -0.394 e. The number of unbranched alkanes of at least 4 members (excludes halogenated alkanes) is 1. The summed E-state index contributed by atoms with van der Waals surface area (Å²) in [7, 11) is 1.59. The van der Waals surface area contributed by atoms with Gasteiger partial charge < -0.3 is 20.6 Å². The molecule has 2 rings (SSSR count). The van der Waals surface area contributed by atoms with Gasteiger partial charge >= 0.3 is 0 Å². The molecule has 0 aromatic heterocycles. The molecule has 7 heteroatoms. The Morgan fingerprint density at radius 1 is 1.17 bits per heavy atom. The van der Waals surface area contributed by atoms with E-state index in [0.717, 1.165) is 25.7 Å². The van der Waals surface area contributed by atoms with E-state index in [0.29, 0.717) is 6.54 Å². The third-order valence-electron chi connectivity index (χ3n) is 6.63. The standard InChI is InChI=1S/C23H39N3O4/c1-6-8-12-25-22(29)20-16-11-10-15(9-7-2)18(21(28)24-5)19(16)23(30)26(20)17(13-27)14(3)4/h10-11,14-20,27H,6-9,12-13H2,1-5H3,(H,24,28)(H,25,29)/t15-,16+,17+,18-,19-,20+/m1/s1. The Morgan fingerprint density at radius 2 is 1.87 bits per heavy atom. The Hall–Kier alpha value is -1.89. The topological polar surface area (TPSA) is 98.7 Å². The summed E-state index contributed by atoms with van der Waals surface area (Å²) < 4.78 is 0. The van der Waals surface area contributed by atoms with E-state index in [4.69, 9.17) is 0 Å². The maximum absolute atomic E-state index is 13.7. The summed E-state index contributed by atoms with van der Waals surface area (Å²) in [4.78, 5) is 41.3. The van der Waals surface area contributed by atoms with E-state index in [1.807, 2.05) is 26.0 Å². The van der Waals surface area contributed by atoms with Crippen LogP contribution in [-0.4, -0.2) is 60.0 Å². The van der Waals surface area contributed by atoms with Gasteiger partial charge in [-0.2, -0.15) is 0 Å². The number of aliphatic hydroxyl groups is 1. The van der Waals surface area contributed by atoms with Gasteiger partial charge in [0.2, 0.25) is 17.7 Å². The van der Waals surface area contributed by atoms with E-state index >= 15 is 0 Å². The molecule has 3 N–H and O–H groups in total. The molecule has 0 saturated carbocycles. The molecule has 0 unspecified atom stereocenters. The van der Waals surface area contributed by atoms with Gasteiger partial charge in [-0.05, 0) is 24.7 Å². The van der Waals surface area contributed by atoms with Crippen LogP contribution in [0.3, 0.4) is 0 Å². The molecule has 30 heavy (non-hydrogen) atoms. The number of rotatable bonds is 10. The highest BCUT2D eigenvalue weighted by Crippen LogP contribution is 2.46. The first kappa shape index (κ1) is 24.4. The van der Waals surface area contributed by atoms with Crippen LogP contribution in [0.1, 0.15) is 53.4 Å². The highest BCUT2D eigenvalue weighted by Gasteiger charge is 2.58. The summed E-state index contributed by atoms with van der Waals surface area (Å²) in [6.45, 7) is 8.34. The molecule has 1 heterocycles. The molecule has 0 radical (unpaired) electrons. The second-order valence-electron chi connectivity index (χ2n) is 8.91. The molecule has 1 saturated heterocycles. The van der Waals surface area contributed by atoms with E-state index in [-0.39, 0.29) is 42.1 Å². The number of nitrogens with zero attached hydrogens (tertiary/aromatic N) is 1. The van der Waals surface area contributed by atoms with E-state index in [2.05, 4.69) is 24.5 Å². The van der Waals surface area contributed by atoms with Crippen molar-refractivity contribution >= 4 is 17.7 Å². The second-order valence-corrected chi connectivity index (χ2v) is 8.91. The van der Waals surface area contributed by atoms with Crippen LogP contribution in [0.25, 0.3) is 0 Å². The molecule has 7 nitrogen and oxygen atoms in total. The van der Waals surface area contributed by atoms with Crippen LogP contribution in [-0.2, 0) is 14.4 Å². The van der Waals surface area contributed by atoms with E-state index in [9.17, 15) is 19.5 Å². The minimum absolute atomic E-state index is 0.0149. The van der Waals surface area contributed by atoms with E-state index in [1.54, 1.807) is 11.9 Å². The number of amides is 3. The second kappa shape index (κ2) is 10.9. The van der Waals surface area contributed by atoms with Crippen molar-refractivity contribution in [1.29, 1.82) is 0 Å². The summed E-state index contributed by atoms with van der Waals surface area (Å²) in [5.41, 5.74) is 0. The van der Waals surface area contributed by atoms with Gasteiger partial charge in [-0.15, -0.1) is 0 Å². The van der Waals surface area contributed by atoms with Crippen molar-refractivity contribution in [2.75, 3.05) is 20.2 Å².